The molecule has 0 saturated carbocycles. The summed E-state index contributed by atoms with van der Waals surface area (Å²) in [5.74, 6) is -1.17. The molecule has 7 heteroatoms. The number of fused-ring (bicyclic) bond motifs is 1. The zero-order chi connectivity index (χ0) is 19.6. The number of carbonyl (C=O) groups is 2. The van der Waals surface area contributed by atoms with Gasteiger partial charge in [-0.05, 0) is 25.0 Å². The summed E-state index contributed by atoms with van der Waals surface area (Å²) in [6.07, 6.45) is 3.34. The molecule has 0 bridgehead atoms. The van der Waals surface area contributed by atoms with E-state index in [0.717, 1.165) is 5.39 Å². The number of rotatable bonds is 9. The number of hydrogen-bond donors (Lipinski definition) is 4. The summed E-state index contributed by atoms with van der Waals surface area (Å²) in [6, 6.07) is 12.3. The Bertz CT molecular complexity index is 900. The van der Waals surface area contributed by atoms with Crippen molar-refractivity contribution < 1.29 is 19.8 Å². The van der Waals surface area contributed by atoms with Crippen LogP contribution < -0.4 is 10.6 Å². The molecule has 0 heterocycles. The number of nitrogens with one attached hydrogen (secondary N) is 2. The fourth-order valence-electron chi connectivity index (χ4n) is 2.59. The van der Waals surface area contributed by atoms with Crippen molar-refractivity contribution >= 4 is 28.3 Å². The molecular formula is C20H21N3O4. The van der Waals surface area contributed by atoms with Gasteiger partial charge in [0.15, 0.2) is 0 Å². The van der Waals surface area contributed by atoms with Gasteiger partial charge in [0.1, 0.15) is 17.4 Å². The first kappa shape index (κ1) is 19.8. The summed E-state index contributed by atoms with van der Waals surface area (Å²) in [4.78, 5) is 22.5. The predicted molar refractivity (Wildman–Crippen MR) is 102 cm³/mol. The van der Waals surface area contributed by atoms with Crippen molar-refractivity contribution in [3.63, 3.8) is 0 Å². The summed E-state index contributed by atoms with van der Waals surface area (Å²) in [7, 11) is 0. The Morgan fingerprint density at radius 3 is 2.56 bits per heavy atom. The molecule has 0 spiro atoms. The molecule has 1 amide bonds. The van der Waals surface area contributed by atoms with Gasteiger partial charge in [0.05, 0.1) is 0 Å². The summed E-state index contributed by atoms with van der Waals surface area (Å²) in [5, 5.41) is 34.7. The maximum Gasteiger partial charge on any atom is 0.303 e. The number of carboxylic acids is 1. The van der Waals surface area contributed by atoms with E-state index < -0.39 is 11.9 Å². The predicted octanol–water partition coefficient (Wildman–Crippen LogP) is 3.13. The minimum Gasteiger partial charge on any atom is -0.507 e. The van der Waals surface area contributed by atoms with Crippen LogP contribution in [0.2, 0.25) is 0 Å². The van der Waals surface area contributed by atoms with Gasteiger partial charge >= 0.3 is 5.97 Å². The Hall–Kier alpha value is -3.53. The minimum atomic E-state index is -0.832. The van der Waals surface area contributed by atoms with Crippen molar-refractivity contribution in [3.8, 4) is 11.8 Å². The molecule has 0 aliphatic rings. The molecule has 27 heavy (non-hydrogen) atoms. The van der Waals surface area contributed by atoms with E-state index in [2.05, 4.69) is 10.6 Å². The van der Waals surface area contributed by atoms with Crippen molar-refractivity contribution in [2.75, 3.05) is 11.9 Å². The van der Waals surface area contributed by atoms with Gasteiger partial charge in [-0.25, -0.2) is 0 Å². The zero-order valence-electron chi connectivity index (χ0n) is 14.7. The largest absolute Gasteiger partial charge is 0.507 e. The molecule has 0 aliphatic heterocycles. The maximum absolute atomic E-state index is 12.1. The van der Waals surface area contributed by atoms with Crippen LogP contribution in [0.15, 0.2) is 48.2 Å². The maximum atomic E-state index is 12.1. The first-order valence-electron chi connectivity index (χ1n) is 8.60. The highest BCUT2D eigenvalue weighted by atomic mass is 16.4. The number of amides is 1. The molecule has 0 unspecified atom stereocenters. The van der Waals surface area contributed by atoms with Gasteiger partial charge in [0.25, 0.3) is 5.91 Å². The first-order chi connectivity index (χ1) is 13.0. The summed E-state index contributed by atoms with van der Waals surface area (Å²) in [5.41, 5.74) is 0.593. The van der Waals surface area contributed by atoms with Crippen molar-refractivity contribution in [3.05, 3.63) is 48.2 Å². The van der Waals surface area contributed by atoms with Crippen LogP contribution in [-0.4, -0.2) is 28.6 Å². The summed E-state index contributed by atoms with van der Waals surface area (Å²) in [6.45, 7) is 0.375. The van der Waals surface area contributed by atoms with Crippen LogP contribution in [0, 0.1) is 11.3 Å². The quantitative estimate of drug-likeness (QED) is 0.307. The Labute approximate surface area is 156 Å². The second-order valence-electron chi connectivity index (χ2n) is 5.95. The molecule has 0 saturated heterocycles. The number of hydrogen-bond acceptors (Lipinski definition) is 5. The number of benzene rings is 2. The Morgan fingerprint density at radius 1 is 1.07 bits per heavy atom. The lowest BCUT2D eigenvalue weighted by atomic mass is 10.1. The molecule has 7 nitrogen and oxygen atoms in total. The fraction of sp³-hybridized carbons (Fsp3) is 0.250. The van der Waals surface area contributed by atoms with Crippen molar-refractivity contribution in [1.82, 2.24) is 5.32 Å². The molecule has 0 aromatic heterocycles. The average Bonchev–Trinajstić information content (AvgIpc) is 2.65. The van der Waals surface area contributed by atoms with E-state index in [9.17, 15) is 20.0 Å². The number of anilines is 1. The standard InChI is InChI=1S/C20H21N3O4/c21-12-14(20(27)22-11-3-1-2-10-19(25)26)13-23-17-8-4-7-16-15(17)6-5-9-18(16)24/h4-9,13,23-24H,1-3,10-11H2,(H,22,27)(H,25,26)/b14-13-. The first-order valence-corrected chi connectivity index (χ1v) is 8.60. The second kappa shape index (κ2) is 9.82. The zero-order valence-corrected chi connectivity index (χ0v) is 14.7. The van der Waals surface area contributed by atoms with Crippen LogP contribution in [0.1, 0.15) is 25.7 Å². The number of carboxylic acid groups (broad SMARTS) is 1. The van der Waals surface area contributed by atoms with Gasteiger partial charge in [0, 0.05) is 35.6 Å². The van der Waals surface area contributed by atoms with Gasteiger partial charge in [-0.2, -0.15) is 5.26 Å². The Morgan fingerprint density at radius 2 is 1.81 bits per heavy atom. The van der Waals surface area contributed by atoms with Gasteiger partial charge < -0.3 is 20.8 Å². The van der Waals surface area contributed by atoms with Crippen LogP contribution in [0.4, 0.5) is 5.69 Å². The third kappa shape index (κ3) is 5.75. The highest BCUT2D eigenvalue weighted by molar-refractivity contribution is 6.00. The molecule has 2 aromatic rings. The van der Waals surface area contributed by atoms with Crippen LogP contribution in [0.25, 0.3) is 10.8 Å². The van der Waals surface area contributed by atoms with Crippen LogP contribution in [0.3, 0.4) is 0 Å². The molecule has 0 fully saturated rings. The van der Waals surface area contributed by atoms with Crippen LogP contribution in [-0.2, 0) is 9.59 Å². The number of nitriles is 1. The van der Waals surface area contributed by atoms with Crippen molar-refractivity contribution in [1.29, 1.82) is 5.26 Å². The van der Waals surface area contributed by atoms with E-state index in [0.29, 0.717) is 36.9 Å². The van der Waals surface area contributed by atoms with E-state index in [1.807, 2.05) is 12.1 Å². The van der Waals surface area contributed by atoms with E-state index >= 15 is 0 Å². The lowest BCUT2D eigenvalue weighted by Crippen LogP contribution is -2.26. The lowest BCUT2D eigenvalue weighted by molar-refractivity contribution is -0.137. The number of carbonyl (C=O) groups excluding carboxylic acids is 1. The summed E-state index contributed by atoms with van der Waals surface area (Å²) < 4.78 is 0. The third-order valence-corrected chi connectivity index (χ3v) is 3.99. The molecule has 0 atom stereocenters. The van der Waals surface area contributed by atoms with Gasteiger partial charge in [-0.3, -0.25) is 9.59 Å². The highest BCUT2D eigenvalue weighted by Crippen LogP contribution is 2.29. The smallest absolute Gasteiger partial charge is 0.303 e. The van der Waals surface area contributed by atoms with Crippen LogP contribution >= 0.6 is 0 Å². The van der Waals surface area contributed by atoms with Crippen molar-refractivity contribution in [2.24, 2.45) is 0 Å². The molecule has 4 N–H and O–H groups in total. The number of phenolic OH excluding ortho intramolecular Hbond substituents is 1. The van der Waals surface area contributed by atoms with Gasteiger partial charge in [-0.15, -0.1) is 0 Å². The molecule has 0 radical (unpaired) electrons. The van der Waals surface area contributed by atoms with E-state index in [1.165, 1.54) is 6.20 Å². The molecule has 2 rings (SSSR count). The van der Waals surface area contributed by atoms with Gasteiger partial charge in [0.2, 0.25) is 0 Å². The molecule has 2 aromatic carbocycles. The number of unbranched alkanes of at least 4 members (excludes halogenated alkanes) is 2. The summed E-state index contributed by atoms with van der Waals surface area (Å²) >= 11 is 0. The van der Waals surface area contributed by atoms with E-state index in [4.69, 9.17) is 5.11 Å². The van der Waals surface area contributed by atoms with Crippen molar-refractivity contribution in [2.45, 2.75) is 25.7 Å². The Balaban J connectivity index is 1.95. The number of aliphatic carboxylic acids is 1. The minimum absolute atomic E-state index is 0.0716. The molecule has 140 valence electrons. The van der Waals surface area contributed by atoms with Crippen LogP contribution in [0.5, 0.6) is 5.75 Å². The number of phenols is 1. The van der Waals surface area contributed by atoms with E-state index in [1.54, 1.807) is 30.3 Å². The van der Waals surface area contributed by atoms with E-state index in [-0.39, 0.29) is 17.7 Å². The van der Waals surface area contributed by atoms with Gasteiger partial charge in [-0.1, -0.05) is 30.7 Å². The molecule has 0 aliphatic carbocycles. The fourth-order valence-corrected chi connectivity index (χ4v) is 2.59. The lowest BCUT2D eigenvalue weighted by Gasteiger charge is -2.08. The number of aromatic hydroxyl groups is 1. The average molecular weight is 367 g/mol. The third-order valence-electron chi connectivity index (χ3n) is 3.99. The SMILES string of the molecule is N#C/C(=C/Nc1cccc2c(O)cccc12)C(=O)NCCCCCC(=O)O. The highest BCUT2D eigenvalue weighted by Gasteiger charge is 2.09. The normalized spacial score (nSPS) is 11.0. The topological polar surface area (TPSA) is 122 Å². The number of nitrogens with zero attached hydrogens (tertiary/aromatic N) is 1. The Kier molecular flexibility index (Phi) is 7.20. The second-order valence-corrected chi connectivity index (χ2v) is 5.95. The monoisotopic (exact) mass is 367 g/mol. The molecular weight excluding hydrogens is 346 g/mol.